The number of aromatic nitrogens is 2. The highest BCUT2D eigenvalue weighted by molar-refractivity contribution is 5.94. The predicted molar refractivity (Wildman–Crippen MR) is 100 cm³/mol. The van der Waals surface area contributed by atoms with Crippen molar-refractivity contribution in [3.05, 3.63) is 66.1 Å². The van der Waals surface area contributed by atoms with Crippen molar-refractivity contribution in [2.24, 2.45) is 5.92 Å². The summed E-state index contributed by atoms with van der Waals surface area (Å²) in [6, 6.07) is 13.3. The molecule has 3 heterocycles. The molecule has 1 saturated heterocycles. The van der Waals surface area contributed by atoms with Crippen LogP contribution < -0.4 is 4.74 Å². The Balaban J connectivity index is 1.44. The van der Waals surface area contributed by atoms with E-state index >= 15 is 0 Å². The summed E-state index contributed by atoms with van der Waals surface area (Å²) in [6.07, 6.45) is 6.20. The van der Waals surface area contributed by atoms with Gasteiger partial charge in [0.1, 0.15) is 18.0 Å². The number of nitrogens with zero attached hydrogens (tertiary/aromatic N) is 3. The van der Waals surface area contributed by atoms with Crippen molar-refractivity contribution in [3.63, 3.8) is 0 Å². The molecule has 4 rings (SSSR count). The van der Waals surface area contributed by atoms with E-state index in [0.717, 1.165) is 30.9 Å². The lowest BCUT2D eigenvalue weighted by Gasteiger charge is -2.31. The van der Waals surface area contributed by atoms with Gasteiger partial charge >= 0.3 is 0 Å². The summed E-state index contributed by atoms with van der Waals surface area (Å²) >= 11 is 0. The minimum absolute atomic E-state index is 0.0923. The number of carbonyl (C=O) groups excluding carboxylic acids is 1. The number of imidazole rings is 1. The Kier molecular flexibility index (Phi) is 4.61. The van der Waals surface area contributed by atoms with Crippen LogP contribution in [0.1, 0.15) is 35.8 Å². The van der Waals surface area contributed by atoms with Gasteiger partial charge in [0, 0.05) is 31.0 Å². The quantitative estimate of drug-likeness (QED) is 0.720. The number of benzene rings is 1. The normalized spacial score (nSPS) is 17.4. The monoisotopic (exact) mass is 349 g/mol. The lowest BCUT2D eigenvalue weighted by atomic mass is 9.99. The number of pyridine rings is 1. The molecule has 0 bridgehead atoms. The molecule has 0 N–H and O–H groups in total. The molecule has 0 radical (unpaired) electrons. The van der Waals surface area contributed by atoms with Gasteiger partial charge in [0.25, 0.3) is 5.91 Å². The summed E-state index contributed by atoms with van der Waals surface area (Å²) in [4.78, 5) is 19.2. The molecule has 1 fully saturated rings. The molecule has 2 aromatic heterocycles. The Bertz CT molecular complexity index is 885. The van der Waals surface area contributed by atoms with Gasteiger partial charge in [-0.3, -0.25) is 4.79 Å². The zero-order valence-electron chi connectivity index (χ0n) is 15.0. The fourth-order valence-corrected chi connectivity index (χ4v) is 3.49. The van der Waals surface area contributed by atoms with E-state index in [0.29, 0.717) is 23.8 Å². The highest BCUT2D eigenvalue weighted by Crippen LogP contribution is 2.21. The van der Waals surface area contributed by atoms with Crippen LogP contribution in [0.4, 0.5) is 0 Å². The highest BCUT2D eigenvalue weighted by atomic mass is 16.5. The third-order valence-electron chi connectivity index (χ3n) is 4.83. The smallest absolute Gasteiger partial charge is 0.253 e. The number of piperidine rings is 1. The van der Waals surface area contributed by atoms with Crippen LogP contribution in [0.15, 0.2) is 54.9 Å². The summed E-state index contributed by atoms with van der Waals surface area (Å²) in [7, 11) is 0. The van der Waals surface area contributed by atoms with Gasteiger partial charge in [0.05, 0.1) is 5.69 Å². The van der Waals surface area contributed by atoms with Crippen molar-refractivity contribution < 1.29 is 9.53 Å². The van der Waals surface area contributed by atoms with Gasteiger partial charge < -0.3 is 14.0 Å². The standard InChI is InChI=1S/C21H23N3O2/c1-16-6-5-11-24(13-16)21(25)17-7-4-8-19(12-17)26-15-18-14-23-10-3-2-9-20(23)22-18/h2-4,7-10,12,14,16H,5-6,11,13,15H2,1H3. The zero-order valence-corrected chi connectivity index (χ0v) is 15.0. The Morgan fingerprint density at radius 3 is 3.04 bits per heavy atom. The van der Waals surface area contributed by atoms with Gasteiger partial charge in [-0.25, -0.2) is 4.98 Å². The molecule has 1 amide bonds. The molecule has 26 heavy (non-hydrogen) atoms. The van der Waals surface area contributed by atoms with E-state index in [4.69, 9.17) is 4.74 Å². The first-order valence-electron chi connectivity index (χ1n) is 9.14. The fourth-order valence-electron chi connectivity index (χ4n) is 3.49. The number of ether oxygens (including phenoxy) is 1. The Hall–Kier alpha value is -2.82. The number of likely N-dealkylation sites (tertiary alicyclic amines) is 1. The average molecular weight is 349 g/mol. The average Bonchev–Trinajstić information content (AvgIpc) is 3.09. The minimum Gasteiger partial charge on any atom is -0.487 e. The number of fused-ring (bicyclic) bond motifs is 1. The van der Waals surface area contributed by atoms with E-state index in [1.54, 1.807) is 0 Å². The molecule has 1 atom stereocenters. The molecule has 1 aromatic carbocycles. The minimum atomic E-state index is 0.0923. The summed E-state index contributed by atoms with van der Waals surface area (Å²) in [5.41, 5.74) is 2.44. The maximum atomic E-state index is 12.7. The summed E-state index contributed by atoms with van der Waals surface area (Å²) in [5.74, 6) is 1.36. The molecule has 134 valence electrons. The van der Waals surface area contributed by atoms with Crippen molar-refractivity contribution >= 4 is 11.6 Å². The molecule has 5 nitrogen and oxygen atoms in total. The van der Waals surface area contributed by atoms with Crippen molar-refractivity contribution in [2.45, 2.75) is 26.4 Å². The van der Waals surface area contributed by atoms with E-state index in [-0.39, 0.29) is 5.91 Å². The molecule has 1 aliphatic heterocycles. The van der Waals surface area contributed by atoms with Crippen LogP contribution in [0.3, 0.4) is 0 Å². The number of amides is 1. The van der Waals surface area contributed by atoms with Crippen LogP contribution in [-0.2, 0) is 6.61 Å². The third-order valence-corrected chi connectivity index (χ3v) is 4.83. The van der Waals surface area contributed by atoms with Crippen LogP contribution in [0.25, 0.3) is 5.65 Å². The lowest BCUT2D eigenvalue weighted by molar-refractivity contribution is 0.0682. The zero-order chi connectivity index (χ0) is 17.9. The first-order valence-corrected chi connectivity index (χ1v) is 9.14. The molecule has 0 spiro atoms. The lowest BCUT2D eigenvalue weighted by Crippen LogP contribution is -2.39. The van der Waals surface area contributed by atoms with Crippen LogP contribution in [0.2, 0.25) is 0 Å². The largest absolute Gasteiger partial charge is 0.487 e. The van der Waals surface area contributed by atoms with Gasteiger partial charge in [0.2, 0.25) is 0 Å². The fraction of sp³-hybridized carbons (Fsp3) is 0.333. The number of hydrogen-bond donors (Lipinski definition) is 0. The molecule has 3 aromatic rings. The maximum Gasteiger partial charge on any atom is 0.253 e. The Morgan fingerprint density at radius 2 is 2.19 bits per heavy atom. The topological polar surface area (TPSA) is 46.8 Å². The van der Waals surface area contributed by atoms with Gasteiger partial charge in [-0.2, -0.15) is 0 Å². The predicted octanol–water partition coefficient (Wildman–Crippen LogP) is 3.79. The van der Waals surface area contributed by atoms with Crippen molar-refractivity contribution in [2.75, 3.05) is 13.1 Å². The van der Waals surface area contributed by atoms with Crippen molar-refractivity contribution in [1.82, 2.24) is 14.3 Å². The first-order chi connectivity index (χ1) is 12.7. The van der Waals surface area contributed by atoms with Crippen LogP contribution >= 0.6 is 0 Å². The van der Waals surface area contributed by atoms with Crippen molar-refractivity contribution in [1.29, 1.82) is 0 Å². The molecule has 0 aliphatic carbocycles. The molecule has 1 aliphatic rings. The van der Waals surface area contributed by atoms with Gasteiger partial charge in [-0.1, -0.05) is 19.1 Å². The summed E-state index contributed by atoms with van der Waals surface area (Å²) in [5, 5.41) is 0. The summed E-state index contributed by atoms with van der Waals surface area (Å²) in [6.45, 7) is 4.26. The van der Waals surface area contributed by atoms with E-state index < -0.39 is 0 Å². The second-order valence-corrected chi connectivity index (χ2v) is 7.01. The van der Waals surface area contributed by atoms with E-state index in [9.17, 15) is 4.79 Å². The van der Waals surface area contributed by atoms with E-state index in [1.165, 1.54) is 6.42 Å². The number of carbonyl (C=O) groups is 1. The van der Waals surface area contributed by atoms with Gasteiger partial charge in [-0.15, -0.1) is 0 Å². The van der Waals surface area contributed by atoms with E-state index in [2.05, 4.69) is 11.9 Å². The number of hydrogen-bond acceptors (Lipinski definition) is 3. The molecular formula is C21H23N3O2. The number of rotatable bonds is 4. The van der Waals surface area contributed by atoms with Gasteiger partial charge in [-0.05, 0) is 49.1 Å². The molecule has 5 heteroatoms. The SMILES string of the molecule is CC1CCCN(C(=O)c2cccc(OCc3cn4ccccc4n3)c2)C1. The Labute approximate surface area is 153 Å². The first kappa shape index (κ1) is 16.6. The molecular weight excluding hydrogens is 326 g/mol. The van der Waals surface area contributed by atoms with Crippen LogP contribution in [-0.4, -0.2) is 33.3 Å². The van der Waals surface area contributed by atoms with E-state index in [1.807, 2.05) is 64.2 Å². The second-order valence-electron chi connectivity index (χ2n) is 7.01. The summed E-state index contributed by atoms with van der Waals surface area (Å²) < 4.78 is 7.84. The highest BCUT2D eigenvalue weighted by Gasteiger charge is 2.22. The second kappa shape index (κ2) is 7.20. The Morgan fingerprint density at radius 1 is 1.27 bits per heavy atom. The maximum absolute atomic E-state index is 12.7. The molecule has 0 saturated carbocycles. The molecule has 1 unspecified atom stereocenters. The van der Waals surface area contributed by atoms with Crippen molar-refractivity contribution in [3.8, 4) is 5.75 Å². The van der Waals surface area contributed by atoms with Crippen LogP contribution in [0.5, 0.6) is 5.75 Å². The van der Waals surface area contributed by atoms with Crippen LogP contribution in [0, 0.1) is 5.92 Å². The van der Waals surface area contributed by atoms with Gasteiger partial charge in [0.15, 0.2) is 0 Å². The third kappa shape index (κ3) is 3.57.